The SMILES string of the molecule is CCCC1(S)C(CC)=CCC2C1CCC1(CC)C(CCCCC(C)C)CCC21. The number of hydrogen-bond acceptors (Lipinski definition) is 1. The first-order valence-electron chi connectivity index (χ1n) is 12.8. The fourth-order valence-electron chi connectivity index (χ4n) is 8.10. The standard InChI is InChI=1S/C27H48S/c1-6-18-27(28)21(7-2)13-15-23-24-16-14-22(12-10-9-11-20(4)5)26(24,8-3)19-17-25(23)27/h13,20,22-25,28H,6-12,14-19H2,1-5H3. The third kappa shape index (κ3) is 4.00. The van der Waals surface area contributed by atoms with Gasteiger partial charge in [0.1, 0.15) is 0 Å². The molecule has 0 saturated heterocycles. The molecule has 28 heavy (non-hydrogen) atoms. The van der Waals surface area contributed by atoms with E-state index in [-0.39, 0.29) is 4.75 Å². The zero-order chi connectivity index (χ0) is 20.4. The van der Waals surface area contributed by atoms with E-state index in [9.17, 15) is 0 Å². The molecule has 0 aliphatic heterocycles. The lowest BCUT2D eigenvalue weighted by Crippen LogP contribution is -2.51. The van der Waals surface area contributed by atoms with Gasteiger partial charge in [0.2, 0.25) is 0 Å². The average Bonchev–Trinajstić information content (AvgIpc) is 3.04. The van der Waals surface area contributed by atoms with Crippen molar-refractivity contribution >= 4 is 12.6 Å². The molecule has 3 aliphatic rings. The van der Waals surface area contributed by atoms with Crippen molar-refractivity contribution < 1.29 is 0 Å². The molecule has 0 radical (unpaired) electrons. The molecule has 162 valence electrons. The van der Waals surface area contributed by atoms with Crippen LogP contribution in [0.2, 0.25) is 0 Å². The maximum atomic E-state index is 5.46. The Morgan fingerprint density at radius 1 is 1.07 bits per heavy atom. The molecule has 6 unspecified atom stereocenters. The Kier molecular flexibility index (Phi) is 7.71. The Morgan fingerprint density at radius 2 is 1.86 bits per heavy atom. The van der Waals surface area contributed by atoms with Crippen molar-refractivity contribution in [1.29, 1.82) is 0 Å². The molecule has 1 heteroatoms. The van der Waals surface area contributed by atoms with Crippen LogP contribution in [-0.4, -0.2) is 4.75 Å². The fourth-order valence-corrected chi connectivity index (χ4v) is 8.90. The second kappa shape index (κ2) is 9.49. The van der Waals surface area contributed by atoms with Gasteiger partial charge >= 0.3 is 0 Å². The van der Waals surface area contributed by atoms with Crippen LogP contribution < -0.4 is 0 Å². The molecule has 0 N–H and O–H groups in total. The van der Waals surface area contributed by atoms with Gasteiger partial charge < -0.3 is 0 Å². The second-order valence-corrected chi connectivity index (χ2v) is 11.7. The van der Waals surface area contributed by atoms with Crippen LogP contribution in [0.25, 0.3) is 0 Å². The summed E-state index contributed by atoms with van der Waals surface area (Å²) in [5, 5.41) is 0. The first-order chi connectivity index (χ1) is 13.4. The molecule has 0 spiro atoms. The highest BCUT2D eigenvalue weighted by molar-refractivity contribution is 7.82. The van der Waals surface area contributed by atoms with E-state index >= 15 is 0 Å². The molecule has 0 amide bonds. The predicted octanol–water partition coefficient (Wildman–Crippen LogP) is 8.86. The lowest BCUT2D eigenvalue weighted by molar-refractivity contribution is -0.0213. The molecule has 0 aromatic heterocycles. The van der Waals surface area contributed by atoms with Crippen molar-refractivity contribution in [2.75, 3.05) is 0 Å². The van der Waals surface area contributed by atoms with E-state index in [0.29, 0.717) is 5.41 Å². The highest BCUT2D eigenvalue weighted by Crippen LogP contribution is 2.66. The van der Waals surface area contributed by atoms with E-state index in [2.05, 4.69) is 40.7 Å². The molecule has 2 saturated carbocycles. The lowest BCUT2D eigenvalue weighted by atomic mass is 9.50. The number of rotatable bonds is 9. The Hall–Kier alpha value is 0.0900. The number of hydrogen-bond donors (Lipinski definition) is 1. The topological polar surface area (TPSA) is 0 Å². The number of allylic oxidation sites excluding steroid dienone is 1. The van der Waals surface area contributed by atoms with Crippen LogP contribution in [0.5, 0.6) is 0 Å². The number of unbranched alkanes of at least 4 members (excludes halogenated alkanes) is 1. The first kappa shape index (κ1) is 22.8. The smallest absolute Gasteiger partial charge is 0.0368 e. The number of fused-ring (bicyclic) bond motifs is 3. The van der Waals surface area contributed by atoms with Crippen molar-refractivity contribution in [3.05, 3.63) is 11.6 Å². The molecular weight excluding hydrogens is 356 g/mol. The summed E-state index contributed by atoms with van der Waals surface area (Å²) in [5.74, 6) is 4.60. The lowest BCUT2D eigenvalue weighted by Gasteiger charge is -2.57. The number of thiol groups is 1. The average molecular weight is 405 g/mol. The minimum Gasteiger partial charge on any atom is -0.168 e. The van der Waals surface area contributed by atoms with Gasteiger partial charge in [-0.15, -0.1) is 0 Å². The van der Waals surface area contributed by atoms with Gasteiger partial charge in [-0.3, -0.25) is 0 Å². The van der Waals surface area contributed by atoms with Crippen LogP contribution in [0.3, 0.4) is 0 Å². The minimum atomic E-state index is 0.196. The molecule has 0 nitrogen and oxygen atoms in total. The predicted molar refractivity (Wildman–Crippen MR) is 128 cm³/mol. The summed E-state index contributed by atoms with van der Waals surface area (Å²) >= 11 is 5.46. The summed E-state index contributed by atoms with van der Waals surface area (Å²) in [6, 6.07) is 0. The Labute approximate surface area is 182 Å². The molecule has 0 heterocycles. The molecule has 3 rings (SSSR count). The van der Waals surface area contributed by atoms with Crippen LogP contribution in [0.15, 0.2) is 11.6 Å². The highest BCUT2D eigenvalue weighted by atomic mass is 32.1. The van der Waals surface area contributed by atoms with Gasteiger partial charge in [-0.2, -0.15) is 12.6 Å². The molecule has 3 aliphatic carbocycles. The van der Waals surface area contributed by atoms with E-state index in [4.69, 9.17) is 12.6 Å². The maximum absolute atomic E-state index is 5.46. The normalized spacial score (nSPS) is 40.3. The van der Waals surface area contributed by atoms with E-state index in [1.165, 1.54) is 83.5 Å². The van der Waals surface area contributed by atoms with Gasteiger partial charge in [0, 0.05) is 4.75 Å². The summed E-state index contributed by atoms with van der Waals surface area (Å²) < 4.78 is 0.196. The Bertz CT molecular complexity index is 534. The van der Waals surface area contributed by atoms with Gasteiger partial charge in [-0.25, -0.2) is 0 Å². The monoisotopic (exact) mass is 404 g/mol. The van der Waals surface area contributed by atoms with Gasteiger partial charge in [0.05, 0.1) is 0 Å². The van der Waals surface area contributed by atoms with Crippen molar-refractivity contribution in [1.82, 2.24) is 0 Å². The van der Waals surface area contributed by atoms with E-state index in [1.54, 1.807) is 5.57 Å². The van der Waals surface area contributed by atoms with Gasteiger partial charge in [0.15, 0.2) is 0 Å². The van der Waals surface area contributed by atoms with Crippen LogP contribution in [0.1, 0.15) is 118 Å². The summed E-state index contributed by atoms with van der Waals surface area (Å²) in [6.45, 7) is 12.0. The van der Waals surface area contributed by atoms with Gasteiger partial charge in [-0.1, -0.05) is 72.0 Å². The van der Waals surface area contributed by atoms with Crippen molar-refractivity contribution in [2.24, 2.45) is 35.0 Å². The fraction of sp³-hybridized carbons (Fsp3) is 0.926. The molecule has 6 atom stereocenters. The zero-order valence-electron chi connectivity index (χ0n) is 19.6. The van der Waals surface area contributed by atoms with Crippen molar-refractivity contribution in [3.8, 4) is 0 Å². The summed E-state index contributed by atoms with van der Waals surface area (Å²) in [4.78, 5) is 0. The summed E-state index contributed by atoms with van der Waals surface area (Å²) in [7, 11) is 0. The molecular formula is C27H48S. The Morgan fingerprint density at radius 3 is 2.50 bits per heavy atom. The molecule has 0 aromatic rings. The third-order valence-corrected chi connectivity index (χ3v) is 10.2. The van der Waals surface area contributed by atoms with Gasteiger partial charge in [0.25, 0.3) is 0 Å². The maximum Gasteiger partial charge on any atom is 0.0368 e. The van der Waals surface area contributed by atoms with Crippen molar-refractivity contribution in [3.63, 3.8) is 0 Å². The summed E-state index contributed by atoms with van der Waals surface area (Å²) in [6.07, 6.45) is 21.0. The van der Waals surface area contributed by atoms with Crippen molar-refractivity contribution in [2.45, 2.75) is 123 Å². The van der Waals surface area contributed by atoms with Crippen LogP contribution >= 0.6 is 12.6 Å². The molecule has 0 bridgehead atoms. The van der Waals surface area contributed by atoms with Crippen LogP contribution in [0, 0.1) is 35.0 Å². The largest absolute Gasteiger partial charge is 0.168 e. The zero-order valence-corrected chi connectivity index (χ0v) is 20.5. The van der Waals surface area contributed by atoms with Crippen LogP contribution in [-0.2, 0) is 0 Å². The Balaban J connectivity index is 1.76. The molecule has 2 fully saturated rings. The van der Waals surface area contributed by atoms with E-state index < -0.39 is 0 Å². The highest BCUT2D eigenvalue weighted by Gasteiger charge is 2.58. The van der Waals surface area contributed by atoms with Crippen LogP contribution in [0.4, 0.5) is 0 Å². The summed E-state index contributed by atoms with van der Waals surface area (Å²) in [5.41, 5.74) is 2.34. The first-order valence-corrected chi connectivity index (χ1v) is 13.3. The molecule has 0 aromatic carbocycles. The third-order valence-electron chi connectivity index (χ3n) is 9.39. The van der Waals surface area contributed by atoms with E-state index in [1.807, 2.05) is 0 Å². The van der Waals surface area contributed by atoms with Gasteiger partial charge in [-0.05, 0) is 92.8 Å². The minimum absolute atomic E-state index is 0.196. The quantitative estimate of drug-likeness (QED) is 0.221. The second-order valence-electron chi connectivity index (χ2n) is 10.9. The van der Waals surface area contributed by atoms with E-state index in [0.717, 1.165) is 29.6 Å².